The van der Waals surface area contributed by atoms with E-state index in [9.17, 15) is 0 Å². The van der Waals surface area contributed by atoms with Crippen LogP contribution in [0.3, 0.4) is 0 Å². The molecule has 17 heavy (non-hydrogen) atoms. The van der Waals surface area contributed by atoms with E-state index >= 15 is 0 Å². The van der Waals surface area contributed by atoms with Crippen LogP contribution >= 0.6 is 0 Å². The molecule has 0 radical (unpaired) electrons. The molecular weight excluding hydrogens is 214 g/mol. The maximum atomic E-state index is 5.52. The summed E-state index contributed by atoms with van der Waals surface area (Å²) in [6.07, 6.45) is 2.34. The highest BCUT2D eigenvalue weighted by Gasteiger charge is 2.19. The Morgan fingerprint density at radius 2 is 1.88 bits per heavy atom. The third kappa shape index (κ3) is 3.72. The van der Waals surface area contributed by atoms with Crippen LogP contribution in [-0.4, -0.2) is 32.6 Å². The van der Waals surface area contributed by atoms with Crippen molar-refractivity contribution in [2.24, 2.45) is 0 Å². The molecule has 1 saturated heterocycles. The van der Waals surface area contributed by atoms with Crippen LogP contribution in [0.15, 0.2) is 30.3 Å². The van der Waals surface area contributed by atoms with Crippen LogP contribution in [0.1, 0.15) is 19.8 Å². The fourth-order valence-electron chi connectivity index (χ4n) is 2.01. The van der Waals surface area contributed by atoms with Crippen molar-refractivity contribution in [3.8, 4) is 0 Å². The van der Waals surface area contributed by atoms with Gasteiger partial charge >= 0.3 is 0 Å². The standard InChI is InChI=1S/C14H21NO2/c1-2-3-9-15(12-14-16-10-11-17-14)13-7-5-4-6-8-13/h4-8,14H,2-3,9-12H2,1H3. The first-order valence-corrected chi connectivity index (χ1v) is 6.43. The van der Waals surface area contributed by atoms with Gasteiger partial charge in [0.25, 0.3) is 0 Å². The van der Waals surface area contributed by atoms with Crippen molar-refractivity contribution in [1.82, 2.24) is 0 Å². The summed E-state index contributed by atoms with van der Waals surface area (Å²) in [5, 5.41) is 0. The fraction of sp³-hybridized carbons (Fsp3) is 0.571. The molecule has 1 fully saturated rings. The molecule has 3 nitrogen and oxygen atoms in total. The third-order valence-corrected chi connectivity index (χ3v) is 2.96. The normalized spacial score (nSPS) is 16.3. The second-order valence-corrected chi connectivity index (χ2v) is 4.31. The highest BCUT2D eigenvalue weighted by atomic mass is 16.7. The van der Waals surface area contributed by atoms with E-state index in [2.05, 4.69) is 36.1 Å². The van der Waals surface area contributed by atoms with Gasteiger partial charge in [-0.05, 0) is 18.6 Å². The number of ether oxygens (including phenoxy) is 2. The molecule has 0 bridgehead atoms. The van der Waals surface area contributed by atoms with Gasteiger partial charge in [-0.25, -0.2) is 0 Å². The number of benzene rings is 1. The van der Waals surface area contributed by atoms with E-state index in [4.69, 9.17) is 9.47 Å². The summed E-state index contributed by atoms with van der Waals surface area (Å²) in [5.74, 6) is 0. The Kier molecular flexibility index (Phi) is 4.83. The molecule has 94 valence electrons. The second-order valence-electron chi connectivity index (χ2n) is 4.31. The quantitative estimate of drug-likeness (QED) is 0.756. The molecule has 1 aromatic carbocycles. The molecule has 1 aliphatic rings. The van der Waals surface area contributed by atoms with Crippen molar-refractivity contribution >= 4 is 5.69 Å². The van der Waals surface area contributed by atoms with E-state index < -0.39 is 0 Å². The van der Waals surface area contributed by atoms with Crippen LogP contribution in [0.4, 0.5) is 5.69 Å². The number of hydrogen-bond donors (Lipinski definition) is 0. The molecule has 0 saturated carbocycles. The first kappa shape index (κ1) is 12.4. The summed E-state index contributed by atoms with van der Waals surface area (Å²) in [6.45, 7) is 5.54. The first-order chi connectivity index (χ1) is 8.40. The number of unbranched alkanes of at least 4 members (excludes halogenated alkanes) is 1. The van der Waals surface area contributed by atoms with Gasteiger partial charge in [0, 0.05) is 12.2 Å². The van der Waals surface area contributed by atoms with Crippen molar-refractivity contribution in [3.63, 3.8) is 0 Å². The average Bonchev–Trinajstić information content (AvgIpc) is 2.88. The summed E-state index contributed by atoms with van der Waals surface area (Å²) in [6, 6.07) is 10.5. The lowest BCUT2D eigenvalue weighted by atomic mass is 10.2. The van der Waals surface area contributed by atoms with E-state index in [0.717, 1.165) is 26.3 Å². The first-order valence-electron chi connectivity index (χ1n) is 6.43. The van der Waals surface area contributed by atoms with Gasteiger partial charge in [0.05, 0.1) is 19.8 Å². The van der Waals surface area contributed by atoms with Crippen LogP contribution in [0, 0.1) is 0 Å². The fourth-order valence-corrected chi connectivity index (χ4v) is 2.01. The zero-order valence-corrected chi connectivity index (χ0v) is 10.5. The summed E-state index contributed by atoms with van der Waals surface area (Å²) < 4.78 is 11.0. The highest BCUT2D eigenvalue weighted by Crippen LogP contribution is 2.16. The van der Waals surface area contributed by atoms with Gasteiger partial charge in [0.1, 0.15) is 0 Å². The van der Waals surface area contributed by atoms with E-state index in [1.54, 1.807) is 0 Å². The monoisotopic (exact) mass is 235 g/mol. The Morgan fingerprint density at radius 3 is 2.53 bits per heavy atom. The third-order valence-electron chi connectivity index (χ3n) is 2.96. The van der Waals surface area contributed by atoms with Crippen molar-refractivity contribution in [1.29, 1.82) is 0 Å². The maximum absolute atomic E-state index is 5.52. The minimum atomic E-state index is -0.0629. The number of nitrogens with zero attached hydrogens (tertiary/aromatic N) is 1. The van der Waals surface area contributed by atoms with E-state index in [1.165, 1.54) is 18.5 Å². The number of anilines is 1. The van der Waals surface area contributed by atoms with Gasteiger partial charge in [0.15, 0.2) is 6.29 Å². The lowest BCUT2D eigenvalue weighted by Crippen LogP contribution is -2.33. The molecule has 2 rings (SSSR count). The zero-order chi connectivity index (χ0) is 11.9. The smallest absolute Gasteiger partial charge is 0.175 e. The Morgan fingerprint density at radius 1 is 1.18 bits per heavy atom. The molecular formula is C14H21NO2. The predicted octanol–water partition coefficient (Wildman–Crippen LogP) is 2.67. The predicted molar refractivity (Wildman–Crippen MR) is 69.3 cm³/mol. The molecule has 0 spiro atoms. The van der Waals surface area contributed by atoms with Crippen LogP contribution in [0.2, 0.25) is 0 Å². The largest absolute Gasteiger partial charge is 0.366 e. The Bertz CT molecular complexity index is 309. The van der Waals surface area contributed by atoms with Crippen molar-refractivity contribution < 1.29 is 9.47 Å². The molecule has 1 aromatic rings. The second kappa shape index (κ2) is 6.62. The Hall–Kier alpha value is -1.06. The Balaban J connectivity index is 1.97. The lowest BCUT2D eigenvalue weighted by molar-refractivity contribution is -0.0343. The minimum Gasteiger partial charge on any atom is -0.366 e. The van der Waals surface area contributed by atoms with Gasteiger partial charge in [-0.3, -0.25) is 0 Å². The van der Waals surface area contributed by atoms with Gasteiger partial charge in [-0.1, -0.05) is 31.5 Å². The molecule has 0 aliphatic carbocycles. The van der Waals surface area contributed by atoms with Gasteiger partial charge < -0.3 is 14.4 Å². The molecule has 1 heterocycles. The minimum absolute atomic E-state index is 0.0629. The summed E-state index contributed by atoms with van der Waals surface area (Å²) in [7, 11) is 0. The molecule has 0 amide bonds. The Labute approximate surface area is 103 Å². The summed E-state index contributed by atoms with van der Waals surface area (Å²) in [4.78, 5) is 2.35. The SMILES string of the molecule is CCCCN(CC1OCCO1)c1ccccc1. The summed E-state index contributed by atoms with van der Waals surface area (Å²) >= 11 is 0. The maximum Gasteiger partial charge on any atom is 0.175 e. The van der Waals surface area contributed by atoms with Gasteiger partial charge in [0.2, 0.25) is 0 Å². The molecule has 0 aromatic heterocycles. The van der Waals surface area contributed by atoms with Crippen molar-refractivity contribution in [3.05, 3.63) is 30.3 Å². The number of para-hydroxylation sites is 1. The van der Waals surface area contributed by atoms with E-state index in [1.807, 2.05) is 6.07 Å². The van der Waals surface area contributed by atoms with E-state index in [0.29, 0.717) is 0 Å². The van der Waals surface area contributed by atoms with Crippen molar-refractivity contribution in [2.45, 2.75) is 26.1 Å². The molecule has 0 atom stereocenters. The number of rotatable bonds is 6. The van der Waals surface area contributed by atoms with Crippen LogP contribution in [0.5, 0.6) is 0 Å². The molecule has 0 unspecified atom stereocenters. The van der Waals surface area contributed by atoms with Crippen LogP contribution in [0.25, 0.3) is 0 Å². The van der Waals surface area contributed by atoms with E-state index in [-0.39, 0.29) is 6.29 Å². The zero-order valence-electron chi connectivity index (χ0n) is 10.5. The number of hydrogen-bond acceptors (Lipinski definition) is 3. The topological polar surface area (TPSA) is 21.7 Å². The van der Waals surface area contributed by atoms with Gasteiger partial charge in [-0.2, -0.15) is 0 Å². The van der Waals surface area contributed by atoms with Crippen LogP contribution in [-0.2, 0) is 9.47 Å². The average molecular weight is 235 g/mol. The highest BCUT2D eigenvalue weighted by molar-refractivity contribution is 5.45. The molecule has 3 heteroatoms. The molecule has 0 N–H and O–H groups in total. The van der Waals surface area contributed by atoms with Gasteiger partial charge in [-0.15, -0.1) is 0 Å². The van der Waals surface area contributed by atoms with Crippen molar-refractivity contribution in [2.75, 3.05) is 31.2 Å². The lowest BCUT2D eigenvalue weighted by Gasteiger charge is -2.26. The van der Waals surface area contributed by atoms with Crippen LogP contribution < -0.4 is 4.90 Å². The molecule has 1 aliphatic heterocycles. The summed E-state index contributed by atoms with van der Waals surface area (Å²) in [5.41, 5.74) is 1.25.